The summed E-state index contributed by atoms with van der Waals surface area (Å²) in [7, 11) is 0. The monoisotopic (exact) mass is 328 g/mol. The van der Waals surface area contributed by atoms with Gasteiger partial charge in [0.25, 0.3) is 0 Å². The minimum absolute atomic E-state index is 0.0944. The number of hydrogen-bond acceptors (Lipinski definition) is 6. The molecule has 23 heavy (non-hydrogen) atoms. The van der Waals surface area contributed by atoms with Crippen molar-refractivity contribution in [2.75, 3.05) is 6.54 Å². The van der Waals surface area contributed by atoms with Gasteiger partial charge in [-0.05, 0) is 38.0 Å². The molecule has 0 aromatic rings. The Bertz CT molecular complexity index is 487. The number of hydrazine groups is 1. The molecule has 7 unspecified atom stereocenters. The number of aliphatic hydroxyl groups is 4. The summed E-state index contributed by atoms with van der Waals surface area (Å²) in [6.07, 6.45) is -1.46. The van der Waals surface area contributed by atoms with Crippen molar-refractivity contribution < 1.29 is 30.0 Å². The number of carbonyl (C=O) groups is 2. The lowest BCUT2D eigenvalue weighted by molar-refractivity contribution is -0.150. The molecule has 7 atom stereocenters. The molecule has 0 radical (unpaired) electrons. The molecule has 8 nitrogen and oxygen atoms in total. The van der Waals surface area contributed by atoms with Gasteiger partial charge in [-0.25, -0.2) is 0 Å². The molecule has 3 rings (SSSR count). The lowest BCUT2D eigenvalue weighted by Gasteiger charge is -2.32. The molecule has 2 aliphatic carbocycles. The van der Waals surface area contributed by atoms with Crippen LogP contribution in [0.2, 0.25) is 0 Å². The summed E-state index contributed by atoms with van der Waals surface area (Å²) in [5.74, 6) is -2.42. The minimum Gasteiger partial charge on any atom is -0.390 e. The number of carbonyl (C=O) groups excluding carboxylic acids is 2. The second-order valence-electron chi connectivity index (χ2n) is 6.94. The predicted molar refractivity (Wildman–Crippen MR) is 77.4 cm³/mol. The SMILES string of the molecule is O=C(NN1CC2CCC(O)C(O)C2C1=O)C1CCCC(O)C1O. The first-order valence-electron chi connectivity index (χ1n) is 8.24. The van der Waals surface area contributed by atoms with Gasteiger partial charge < -0.3 is 20.4 Å². The van der Waals surface area contributed by atoms with Crippen LogP contribution < -0.4 is 5.43 Å². The Balaban J connectivity index is 1.64. The molecule has 0 aromatic carbocycles. The first-order chi connectivity index (χ1) is 10.9. The number of aliphatic hydroxyl groups excluding tert-OH is 4. The third-order valence-corrected chi connectivity index (χ3v) is 5.47. The Morgan fingerprint density at radius 2 is 1.70 bits per heavy atom. The van der Waals surface area contributed by atoms with Gasteiger partial charge in [-0.3, -0.25) is 20.0 Å². The van der Waals surface area contributed by atoms with Crippen LogP contribution >= 0.6 is 0 Å². The average Bonchev–Trinajstić information content (AvgIpc) is 2.83. The highest BCUT2D eigenvalue weighted by atomic mass is 16.3. The summed E-state index contributed by atoms with van der Waals surface area (Å²) in [4.78, 5) is 24.7. The maximum atomic E-state index is 12.4. The maximum Gasteiger partial charge on any atom is 0.247 e. The van der Waals surface area contributed by atoms with Crippen LogP contribution in [0.5, 0.6) is 0 Å². The van der Waals surface area contributed by atoms with E-state index in [-0.39, 0.29) is 5.92 Å². The van der Waals surface area contributed by atoms with Crippen molar-refractivity contribution >= 4 is 11.8 Å². The number of rotatable bonds is 2. The number of hydrogen-bond donors (Lipinski definition) is 5. The van der Waals surface area contributed by atoms with E-state index in [1.165, 1.54) is 5.01 Å². The normalized spacial score (nSPS) is 44.1. The lowest BCUT2D eigenvalue weighted by atomic mass is 9.78. The molecule has 8 heteroatoms. The molecule has 0 aromatic heterocycles. The van der Waals surface area contributed by atoms with E-state index in [0.717, 1.165) is 0 Å². The van der Waals surface area contributed by atoms with Crippen LogP contribution in [0, 0.1) is 17.8 Å². The smallest absolute Gasteiger partial charge is 0.247 e. The molecule has 0 spiro atoms. The average molecular weight is 328 g/mol. The first kappa shape index (κ1) is 16.6. The zero-order chi connectivity index (χ0) is 16.7. The first-order valence-corrected chi connectivity index (χ1v) is 8.24. The van der Waals surface area contributed by atoms with E-state index in [1.54, 1.807) is 0 Å². The largest absolute Gasteiger partial charge is 0.390 e. The van der Waals surface area contributed by atoms with E-state index in [1.807, 2.05) is 0 Å². The summed E-state index contributed by atoms with van der Waals surface area (Å²) >= 11 is 0. The number of nitrogens with zero attached hydrogens (tertiary/aromatic N) is 1. The fourth-order valence-electron chi connectivity index (χ4n) is 4.07. The van der Waals surface area contributed by atoms with Crippen LogP contribution in [0.25, 0.3) is 0 Å². The van der Waals surface area contributed by atoms with E-state index in [0.29, 0.717) is 38.6 Å². The topological polar surface area (TPSA) is 130 Å². The highest BCUT2D eigenvalue weighted by Gasteiger charge is 2.50. The van der Waals surface area contributed by atoms with Crippen LogP contribution in [-0.2, 0) is 9.59 Å². The molecule has 130 valence electrons. The fourth-order valence-corrected chi connectivity index (χ4v) is 4.07. The second kappa shape index (κ2) is 6.35. The van der Waals surface area contributed by atoms with Gasteiger partial charge in [0.05, 0.1) is 36.3 Å². The molecule has 3 fully saturated rings. The van der Waals surface area contributed by atoms with E-state index >= 15 is 0 Å². The maximum absolute atomic E-state index is 12.4. The predicted octanol–water partition coefficient (Wildman–Crippen LogP) is -1.87. The molecule has 1 aliphatic heterocycles. The quantitative estimate of drug-likeness (QED) is 0.404. The molecular weight excluding hydrogens is 304 g/mol. The Kier molecular flexibility index (Phi) is 4.59. The van der Waals surface area contributed by atoms with Crippen LogP contribution in [0.1, 0.15) is 32.1 Å². The van der Waals surface area contributed by atoms with Gasteiger partial charge >= 0.3 is 0 Å². The van der Waals surface area contributed by atoms with Gasteiger partial charge in [0.2, 0.25) is 11.8 Å². The Morgan fingerprint density at radius 1 is 1.00 bits per heavy atom. The molecule has 2 saturated carbocycles. The van der Waals surface area contributed by atoms with Crippen LogP contribution in [0.15, 0.2) is 0 Å². The van der Waals surface area contributed by atoms with E-state index in [9.17, 15) is 30.0 Å². The molecule has 1 heterocycles. The zero-order valence-electron chi connectivity index (χ0n) is 12.8. The minimum atomic E-state index is -1.13. The third-order valence-electron chi connectivity index (χ3n) is 5.47. The van der Waals surface area contributed by atoms with Crippen molar-refractivity contribution in [2.24, 2.45) is 17.8 Å². The molecule has 3 aliphatic rings. The molecule has 0 bridgehead atoms. The van der Waals surface area contributed by atoms with E-state index in [2.05, 4.69) is 5.43 Å². The van der Waals surface area contributed by atoms with Gasteiger partial charge in [0.15, 0.2) is 0 Å². The summed E-state index contributed by atoms with van der Waals surface area (Å²) < 4.78 is 0. The Hall–Kier alpha value is -1.22. The Labute approximate surface area is 134 Å². The van der Waals surface area contributed by atoms with Crippen LogP contribution in [0.4, 0.5) is 0 Å². The summed E-state index contributed by atoms with van der Waals surface area (Å²) in [5, 5.41) is 40.5. The van der Waals surface area contributed by atoms with Crippen molar-refractivity contribution in [1.29, 1.82) is 0 Å². The summed E-state index contributed by atoms with van der Waals surface area (Å²) in [6, 6.07) is 0. The number of amides is 2. The van der Waals surface area contributed by atoms with Crippen molar-refractivity contribution in [3.63, 3.8) is 0 Å². The Morgan fingerprint density at radius 3 is 2.43 bits per heavy atom. The van der Waals surface area contributed by atoms with Gasteiger partial charge in [-0.2, -0.15) is 0 Å². The van der Waals surface area contributed by atoms with Gasteiger partial charge in [0, 0.05) is 6.54 Å². The van der Waals surface area contributed by atoms with Crippen molar-refractivity contribution in [3.05, 3.63) is 0 Å². The molecular formula is C15H24N2O6. The van der Waals surface area contributed by atoms with Crippen LogP contribution in [-0.4, -0.2) is 68.2 Å². The van der Waals surface area contributed by atoms with Crippen molar-refractivity contribution in [2.45, 2.75) is 56.5 Å². The van der Waals surface area contributed by atoms with E-state index < -0.39 is 48.1 Å². The summed E-state index contributed by atoms with van der Waals surface area (Å²) in [6.45, 7) is 0.296. The second-order valence-corrected chi connectivity index (χ2v) is 6.94. The molecule has 5 N–H and O–H groups in total. The third kappa shape index (κ3) is 2.96. The number of fused-ring (bicyclic) bond motifs is 1. The molecule has 2 amide bonds. The standard InChI is InChI=1S/C15H24N2O6/c18-9-3-1-2-8(12(9)20)14(22)16-17-6-7-4-5-10(19)13(21)11(7)15(17)23/h7-13,18-21H,1-6H2,(H,16,22). The van der Waals surface area contributed by atoms with Gasteiger partial charge in [-0.15, -0.1) is 0 Å². The highest BCUT2D eigenvalue weighted by molar-refractivity contribution is 5.87. The summed E-state index contributed by atoms with van der Waals surface area (Å²) in [5.41, 5.74) is 2.52. The fraction of sp³-hybridized carbons (Fsp3) is 0.867. The number of nitrogens with one attached hydrogen (secondary N) is 1. The van der Waals surface area contributed by atoms with Crippen molar-refractivity contribution in [1.82, 2.24) is 10.4 Å². The van der Waals surface area contributed by atoms with E-state index in [4.69, 9.17) is 0 Å². The highest BCUT2D eigenvalue weighted by Crippen LogP contribution is 2.37. The molecule has 1 saturated heterocycles. The lowest BCUT2D eigenvalue weighted by Crippen LogP contribution is -2.52. The van der Waals surface area contributed by atoms with Crippen molar-refractivity contribution in [3.8, 4) is 0 Å². The van der Waals surface area contributed by atoms with Gasteiger partial charge in [-0.1, -0.05) is 0 Å². The zero-order valence-corrected chi connectivity index (χ0v) is 12.8. The van der Waals surface area contributed by atoms with Gasteiger partial charge in [0.1, 0.15) is 0 Å². The van der Waals surface area contributed by atoms with Crippen LogP contribution in [0.3, 0.4) is 0 Å².